The molecule has 1 heterocycles. The fourth-order valence-corrected chi connectivity index (χ4v) is 4.95. The van der Waals surface area contributed by atoms with Gasteiger partial charge in [-0.3, -0.25) is 14.5 Å². The monoisotopic (exact) mass is 470 g/mol. The van der Waals surface area contributed by atoms with Crippen LogP contribution >= 0.6 is 0 Å². The van der Waals surface area contributed by atoms with E-state index in [9.17, 15) is 18.0 Å². The van der Waals surface area contributed by atoms with E-state index in [2.05, 4.69) is 5.32 Å². The van der Waals surface area contributed by atoms with Gasteiger partial charge in [-0.2, -0.15) is 0 Å². The quantitative estimate of drug-likeness (QED) is 0.574. The third-order valence-corrected chi connectivity index (χ3v) is 7.44. The second-order valence-corrected chi connectivity index (χ2v) is 10.7. The van der Waals surface area contributed by atoms with E-state index < -0.39 is 21.7 Å². The molecule has 2 aliphatic rings. The van der Waals surface area contributed by atoms with Crippen LogP contribution in [0.2, 0.25) is 0 Å². The van der Waals surface area contributed by atoms with Gasteiger partial charge < -0.3 is 10.1 Å². The number of ether oxygens (including phenoxy) is 1. The summed E-state index contributed by atoms with van der Waals surface area (Å²) in [7, 11) is -2.63. The van der Waals surface area contributed by atoms with E-state index in [-0.39, 0.29) is 23.7 Å². The molecule has 1 saturated carbocycles. The first-order valence-electron chi connectivity index (χ1n) is 11.2. The molecular formula is C25H30N2O5S. The molecule has 0 bridgehead atoms. The minimum absolute atomic E-state index is 0.0830. The van der Waals surface area contributed by atoms with E-state index in [1.54, 1.807) is 30.0 Å². The Morgan fingerprint density at radius 2 is 1.94 bits per heavy atom. The standard InChI is InChI=1S/C25H30N2O5S/c1-5-25(4,15-33(30)31)26-22(28)16-9-12-21-20(13-16)24(2,3)23(29)27(21)17-7-6-8-19(14-17)32-18-10-11-18/h6-9,12-14,18,33H,5,10-11,15H2,1-4H3,(H,26,28)/t25-/m1/s1. The van der Waals surface area contributed by atoms with E-state index in [1.165, 1.54) is 0 Å². The van der Waals surface area contributed by atoms with Crippen molar-refractivity contribution in [3.8, 4) is 5.75 Å². The average molecular weight is 471 g/mol. The number of carbonyl (C=O) groups is 2. The number of benzene rings is 2. The topological polar surface area (TPSA) is 92.8 Å². The van der Waals surface area contributed by atoms with E-state index >= 15 is 0 Å². The fourth-order valence-electron chi connectivity index (χ4n) is 4.08. The Kier molecular flexibility index (Phi) is 5.99. The molecule has 8 heteroatoms. The number of anilines is 2. The minimum Gasteiger partial charge on any atom is -0.490 e. The van der Waals surface area contributed by atoms with Gasteiger partial charge in [0.25, 0.3) is 5.91 Å². The van der Waals surface area contributed by atoms with Crippen LogP contribution in [0.4, 0.5) is 11.4 Å². The van der Waals surface area contributed by atoms with E-state index in [0.717, 1.165) is 35.5 Å². The van der Waals surface area contributed by atoms with Crippen molar-refractivity contribution in [3.05, 3.63) is 53.6 Å². The summed E-state index contributed by atoms with van der Waals surface area (Å²) in [5, 5.41) is 2.86. The summed E-state index contributed by atoms with van der Waals surface area (Å²) < 4.78 is 28.4. The molecule has 1 fully saturated rings. The van der Waals surface area contributed by atoms with Gasteiger partial charge in [-0.1, -0.05) is 13.0 Å². The van der Waals surface area contributed by atoms with Crippen LogP contribution in [-0.2, 0) is 20.9 Å². The predicted molar refractivity (Wildman–Crippen MR) is 128 cm³/mol. The summed E-state index contributed by atoms with van der Waals surface area (Å²) in [5.74, 6) is 0.161. The van der Waals surface area contributed by atoms with Gasteiger partial charge in [0.05, 0.1) is 34.2 Å². The summed E-state index contributed by atoms with van der Waals surface area (Å²) in [6.07, 6.45) is 2.84. The first-order chi connectivity index (χ1) is 15.5. The van der Waals surface area contributed by atoms with Gasteiger partial charge in [0.15, 0.2) is 0 Å². The van der Waals surface area contributed by atoms with Crippen molar-refractivity contribution in [2.75, 3.05) is 10.7 Å². The van der Waals surface area contributed by atoms with Crippen LogP contribution in [-0.4, -0.2) is 37.6 Å². The Hall–Kier alpha value is -2.87. The third kappa shape index (κ3) is 4.62. The first-order valence-corrected chi connectivity index (χ1v) is 12.6. The number of amides is 2. The Labute approximate surface area is 196 Å². The van der Waals surface area contributed by atoms with Gasteiger partial charge in [0, 0.05) is 11.6 Å². The molecule has 4 rings (SSSR count). The Morgan fingerprint density at radius 1 is 1.21 bits per heavy atom. The first kappa shape index (κ1) is 23.3. The normalized spacial score (nSPS) is 18.7. The van der Waals surface area contributed by atoms with Crippen molar-refractivity contribution in [2.24, 2.45) is 0 Å². The number of hydrogen-bond donors (Lipinski definition) is 2. The highest BCUT2D eigenvalue weighted by Gasteiger charge is 2.45. The van der Waals surface area contributed by atoms with Crippen LogP contribution in [0.25, 0.3) is 0 Å². The maximum absolute atomic E-state index is 13.4. The number of hydrogen-bond acceptors (Lipinski definition) is 5. The molecule has 0 saturated heterocycles. The predicted octanol–water partition coefficient (Wildman–Crippen LogP) is 3.69. The maximum Gasteiger partial charge on any atom is 0.251 e. The Morgan fingerprint density at radius 3 is 2.58 bits per heavy atom. The van der Waals surface area contributed by atoms with Gasteiger partial charge in [0.1, 0.15) is 16.5 Å². The largest absolute Gasteiger partial charge is 0.490 e. The molecule has 33 heavy (non-hydrogen) atoms. The molecule has 176 valence electrons. The second kappa shape index (κ2) is 8.48. The minimum atomic E-state index is -2.63. The van der Waals surface area contributed by atoms with Crippen molar-refractivity contribution >= 4 is 33.9 Å². The number of nitrogens with zero attached hydrogens (tertiary/aromatic N) is 1. The summed E-state index contributed by atoms with van der Waals surface area (Å²) >= 11 is 0. The van der Waals surface area contributed by atoms with Crippen LogP contribution < -0.4 is 15.0 Å². The van der Waals surface area contributed by atoms with Crippen molar-refractivity contribution in [1.82, 2.24) is 5.32 Å². The van der Waals surface area contributed by atoms with Crippen molar-refractivity contribution in [3.63, 3.8) is 0 Å². The second-order valence-electron chi connectivity index (χ2n) is 9.67. The summed E-state index contributed by atoms with van der Waals surface area (Å²) in [5.41, 5.74) is 0.909. The summed E-state index contributed by atoms with van der Waals surface area (Å²) in [6, 6.07) is 12.7. The van der Waals surface area contributed by atoms with Gasteiger partial charge in [-0.25, -0.2) is 8.42 Å². The molecule has 7 nitrogen and oxygen atoms in total. The molecule has 0 radical (unpaired) electrons. The van der Waals surface area contributed by atoms with Gasteiger partial charge in [-0.15, -0.1) is 0 Å². The smallest absolute Gasteiger partial charge is 0.251 e. The van der Waals surface area contributed by atoms with Crippen LogP contribution in [0.3, 0.4) is 0 Å². The Bertz CT molecular complexity index is 1180. The van der Waals surface area contributed by atoms with Crippen molar-refractivity contribution in [1.29, 1.82) is 0 Å². The molecule has 1 aliphatic heterocycles. The molecule has 2 aromatic carbocycles. The van der Waals surface area contributed by atoms with Crippen molar-refractivity contribution in [2.45, 2.75) is 64.0 Å². The van der Waals surface area contributed by atoms with E-state index in [1.807, 2.05) is 45.0 Å². The molecule has 0 aromatic heterocycles. The molecular weight excluding hydrogens is 440 g/mol. The summed E-state index contributed by atoms with van der Waals surface area (Å²) in [4.78, 5) is 28.1. The van der Waals surface area contributed by atoms with E-state index in [0.29, 0.717) is 12.0 Å². The number of rotatable bonds is 8. The number of fused-ring (bicyclic) bond motifs is 1. The SMILES string of the molecule is CC[C@](C)(C[SH](=O)=O)NC(=O)c1ccc2c(c1)C(C)(C)C(=O)N2c1cccc(OC2CC2)c1. The third-order valence-electron chi connectivity index (χ3n) is 6.49. The lowest BCUT2D eigenvalue weighted by molar-refractivity contribution is -0.121. The molecule has 1 aliphatic carbocycles. The zero-order valence-electron chi connectivity index (χ0n) is 19.4. The molecule has 2 amide bonds. The van der Waals surface area contributed by atoms with Crippen LogP contribution in [0.15, 0.2) is 42.5 Å². The zero-order valence-corrected chi connectivity index (χ0v) is 20.3. The zero-order chi connectivity index (χ0) is 24.0. The lowest BCUT2D eigenvalue weighted by Gasteiger charge is -2.27. The van der Waals surface area contributed by atoms with Gasteiger partial charge in [-0.05, 0) is 75.9 Å². The fraction of sp³-hybridized carbons (Fsp3) is 0.440. The van der Waals surface area contributed by atoms with Crippen LogP contribution in [0.1, 0.15) is 62.9 Å². The number of thiol groups is 1. The Balaban J connectivity index is 1.66. The number of nitrogens with one attached hydrogen (secondary N) is 1. The summed E-state index contributed by atoms with van der Waals surface area (Å²) in [6.45, 7) is 7.25. The molecule has 0 spiro atoms. The molecule has 2 aromatic rings. The maximum atomic E-state index is 13.4. The highest BCUT2D eigenvalue weighted by atomic mass is 32.2. The average Bonchev–Trinajstić information content (AvgIpc) is 3.54. The molecule has 1 N–H and O–H groups in total. The lowest BCUT2D eigenvalue weighted by atomic mass is 9.85. The highest BCUT2D eigenvalue weighted by molar-refractivity contribution is 7.72. The molecule has 1 atom stereocenters. The van der Waals surface area contributed by atoms with Crippen LogP contribution in [0, 0.1) is 0 Å². The number of carbonyl (C=O) groups excluding carboxylic acids is 2. The van der Waals surface area contributed by atoms with Crippen LogP contribution in [0.5, 0.6) is 5.75 Å². The lowest BCUT2D eigenvalue weighted by Crippen LogP contribution is -2.48. The van der Waals surface area contributed by atoms with Crippen molar-refractivity contribution < 1.29 is 22.7 Å². The van der Waals surface area contributed by atoms with E-state index in [4.69, 9.17) is 4.74 Å². The van der Waals surface area contributed by atoms with Gasteiger partial charge in [0.2, 0.25) is 5.91 Å². The van der Waals surface area contributed by atoms with Gasteiger partial charge >= 0.3 is 0 Å². The molecule has 0 unspecified atom stereocenters. The highest BCUT2D eigenvalue weighted by Crippen LogP contribution is 2.46.